The van der Waals surface area contributed by atoms with E-state index in [2.05, 4.69) is 28.8 Å². The van der Waals surface area contributed by atoms with Crippen LogP contribution in [0.3, 0.4) is 0 Å². The van der Waals surface area contributed by atoms with Gasteiger partial charge in [0.25, 0.3) is 0 Å². The second-order valence-corrected chi connectivity index (χ2v) is 5.92. The lowest BCUT2D eigenvalue weighted by molar-refractivity contribution is -0.116. The van der Waals surface area contributed by atoms with Crippen LogP contribution in [0.25, 0.3) is 0 Å². The molecule has 4 nitrogen and oxygen atoms in total. The van der Waals surface area contributed by atoms with Crippen LogP contribution in [0.2, 0.25) is 0 Å². The number of methoxy groups -OCH3 is 1. The molecule has 1 aliphatic rings. The maximum absolute atomic E-state index is 12.3. The van der Waals surface area contributed by atoms with Crippen molar-refractivity contribution < 1.29 is 9.53 Å². The monoisotopic (exact) mass is 310 g/mol. The van der Waals surface area contributed by atoms with Crippen LogP contribution in [0, 0.1) is 0 Å². The molecule has 1 amide bonds. The summed E-state index contributed by atoms with van der Waals surface area (Å²) < 4.78 is 5.11. The molecular formula is C19H22N2O2. The molecule has 0 aliphatic heterocycles. The van der Waals surface area contributed by atoms with Gasteiger partial charge in [-0.05, 0) is 73.7 Å². The van der Waals surface area contributed by atoms with E-state index in [1.807, 2.05) is 31.2 Å². The molecule has 23 heavy (non-hydrogen) atoms. The zero-order chi connectivity index (χ0) is 16.2. The molecule has 120 valence electrons. The highest BCUT2D eigenvalue weighted by Crippen LogP contribution is 2.25. The van der Waals surface area contributed by atoms with Crippen molar-refractivity contribution >= 4 is 17.3 Å². The van der Waals surface area contributed by atoms with Crippen LogP contribution in [0.15, 0.2) is 42.5 Å². The van der Waals surface area contributed by atoms with E-state index in [-0.39, 0.29) is 11.9 Å². The number of benzene rings is 2. The highest BCUT2D eigenvalue weighted by atomic mass is 16.5. The lowest BCUT2D eigenvalue weighted by Gasteiger charge is -2.16. The maximum Gasteiger partial charge on any atom is 0.246 e. The zero-order valence-electron chi connectivity index (χ0n) is 13.6. The van der Waals surface area contributed by atoms with E-state index in [4.69, 9.17) is 4.74 Å². The Bertz CT molecular complexity index is 695. The summed E-state index contributed by atoms with van der Waals surface area (Å²) in [5, 5.41) is 6.19. The first-order valence-electron chi connectivity index (χ1n) is 7.99. The highest BCUT2D eigenvalue weighted by molar-refractivity contribution is 5.96. The van der Waals surface area contributed by atoms with Gasteiger partial charge in [0.2, 0.25) is 5.91 Å². The molecule has 1 aliphatic carbocycles. The van der Waals surface area contributed by atoms with Crippen molar-refractivity contribution in [2.75, 3.05) is 17.7 Å². The molecule has 2 aromatic rings. The van der Waals surface area contributed by atoms with Gasteiger partial charge in [-0.3, -0.25) is 4.79 Å². The smallest absolute Gasteiger partial charge is 0.246 e. The third-order valence-electron chi connectivity index (χ3n) is 4.23. The lowest BCUT2D eigenvalue weighted by atomic mass is 10.1. The van der Waals surface area contributed by atoms with Gasteiger partial charge < -0.3 is 15.4 Å². The molecule has 3 rings (SSSR count). The maximum atomic E-state index is 12.3. The molecule has 0 spiro atoms. The van der Waals surface area contributed by atoms with E-state index in [0.29, 0.717) is 0 Å². The quantitative estimate of drug-likeness (QED) is 0.887. The number of amides is 1. The highest BCUT2D eigenvalue weighted by Gasteiger charge is 2.15. The molecule has 2 aromatic carbocycles. The second kappa shape index (κ2) is 6.73. The minimum Gasteiger partial charge on any atom is -0.497 e. The van der Waals surface area contributed by atoms with E-state index in [0.717, 1.165) is 23.5 Å². The average molecular weight is 310 g/mol. The largest absolute Gasteiger partial charge is 0.497 e. The molecule has 0 fully saturated rings. The number of carbonyl (C=O) groups is 1. The first-order valence-corrected chi connectivity index (χ1v) is 7.99. The minimum atomic E-state index is -0.309. The molecule has 0 aromatic heterocycles. The molecule has 1 atom stereocenters. The fraction of sp³-hybridized carbons (Fsp3) is 0.316. The Morgan fingerprint density at radius 2 is 1.74 bits per heavy atom. The standard InChI is InChI=1S/C19H22N2O2/c1-13(19(22)21-16-8-10-18(23-2)11-9-16)20-17-7-6-14-4-3-5-15(14)12-17/h6-13,20H,3-5H2,1-2H3,(H,21,22)/t13-/m1/s1. The number of nitrogens with one attached hydrogen (secondary N) is 2. The van der Waals surface area contributed by atoms with Gasteiger partial charge >= 0.3 is 0 Å². The van der Waals surface area contributed by atoms with E-state index < -0.39 is 0 Å². The van der Waals surface area contributed by atoms with E-state index in [1.54, 1.807) is 7.11 Å². The first-order chi connectivity index (χ1) is 11.2. The molecule has 0 saturated heterocycles. The summed E-state index contributed by atoms with van der Waals surface area (Å²) in [5.74, 6) is 0.711. The second-order valence-electron chi connectivity index (χ2n) is 5.92. The van der Waals surface area contributed by atoms with Crippen molar-refractivity contribution in [3.05, 3.63) is 53.6 Å². The zero-order valence-corrected chi connectivity index (χ0v) is 13.6. The number of anilines is 2. The summed E-state index contributed by atoms with van der Waals surface area (Å²) in [4.78, 5) is 12.3. The van der Waals surface area contributed by atoms with Gasteiger partial charge in [0, 0.05) is 11.4 Å². The van der Waals surface area contributed by atoms with Gasteiger partial charge in [-0.1, -0.05) is 6.07 Å². The number of rotatable bonds is 5. The van der Waals surface area contributed by atoms with Crippen molar-refractivity contribution in [3.8, 4) is 5.75 Å². The van der Waals surface area contributed by atoms with Crippen molar-refractivity contribution in [2.24, 2.45) is 0 Å². The van der Waals surface area contributed by atoms with E-state index >= 15 is 0 Å². The molecule has 0 unspecified atom stereocenters. The van der Waals surface area contributed by atoms with Crippen molar-refractivity contribution in [1.82, 2.24) is 0 Å². The Hall–Kier alpha value is -2.49. The Balaban J connectivity index is 1.60. The summed E-state index contributed by atoms with van der Waals surface area (Å²) in [5.41, 5.74) is 4.60. The van der Waals surface area contributed by atoms with Crippen molar-refractivity contribution in [1.29, 1.82) is 0 Å². The number of ether oxygens (including phenoxy) is 1. The third-order valence-corrected chi connectivity index (χ3v) is 4.23. The van der Waals surface area contributed by atoms with Crippen molar-refractivity contribution in [2.45, 2.75) is 32.2 Å². The molecule has 0 bridgehead atoms. The average Bonchev–Trinajstić information content (AvgIpc) is 3.03. The summed E-state index contributed by atoms with van der Waals surface area (Å²) in [7, 11) is 1.62. The SMILES string of the molecule is COc1ccc(NC(=O)[C@@H](C)Nc2ccc3c(c2)CCC3)cc1. The summed E-state index contributed by atoms with van der Waals surface area (Å²) in [6.45, 7) is 1.87. The van der Waals surface area contributed by atoms with Gasteiger partial charge in [-0.25, -0.2) is 0 Å². The van der Waals surface area contributed by atoms with Gasteiger partial charge in [-0.2, -0.15) is 0 Å². The number of hydrogen-bond acceptors (Lipinski definition) is 3. The van der Waals surface area contributed by atoms with Gasteiger partial charge in [0.15, 0.2) is 0 Å². The van der Waals surface area contributed by atoms with Gasteiger partial charge in [-0.15, -0.1) is 0 Å². The Morgan fingerprint density at radius 3 is 2.48 bits per heavy atom. The Labute approximate surface area is 136 Å². The number of aryl methyl sites for hydroxylation is 2. The molecule has 0 heterocycles. The molecule has 0 radical (unpaired) electrons. The fourth-order valence-electron chi connectivity index (χ4n) is 2.90. The predicted octanol–water partition coefficient (Wildman–Crippen LogP) is 3.62. The molecule has 4 heteroatoms. The number of fused-ring (bicyclic) bond motifs is 1. The van der Waals surface area contributed by atoms with Crippen LogP contribution in [0.1, 0.15) is 24.5 Å². The molecule has 0 saturated carbocycles. The van der Waals surface area contributed by atoms with Crippen LogP contribution in [-0.2, 0) is 17.6 Å². The molecule has 2 N–H and O–H groups in total. The summed E-state index contributed by atoms with van der Waals surface area (Å²) in [6.07, 6.45) is 3.53. The van der Waals surface area contributed by atoms with Crippen LogP contribution < -0.4 is 15.4 Å². The number of carbonyl (C=O) groups excluding carboxylic acids is 1. The van der Waals surface area contributed by atoms with Gasteiger partial charge in [0.1, 0.15) is 11.8 Å². The van der Waals surface area contributed by atoms with Crippen LogP contribution in [0.4, 0.5) is 11.4 Å². The van der Waals surface area contributed by atoms with Crippen molar-refractivity contribution in [3.63, 3.8) is 0 Å². The summed E-state index contributed by atoms with van der Waals surface area (Å²) >= 11 is 0. The Kier molecular flexibility index (Phi) is 4.51. The first kappa shape index (κ1) is 15.4. The van der Waals surface area contributed by atoms with Crippen LogP contribution >= 0.6 is 0 Å². The van der Waals surface area contributed by atoms with E-state index in [1.165, 1.54) is 24.0 Å². The number of hydrogen-bond donors (Lipinski definition) is 2. The third kappa shape index (κ3) is 3.65. The van der Waals surface area contributed by atoms with Gasteiger partial charge in [0.05, 0.1) is 7.11 Å². The molecular weight excluding hydrogens is 288 g/mol. The topological polar surface area (TPSA) is 50.4 Å². The Morgan fingerprint density at radius 1 is 1.04 bits per heavy atom. The van der Waals surface area contributed by atoms with Crippen LogP contribution in [0.5, 0.6) is 5.75 Å². The fourth-order valence-corrected chi connectivity index (χ4v) is 2.90. The summed E-state index contributed by atoms with van der Waals surface area (Å²) in [6, 6.07) is 13.4. The predicted molar refractivity (Wildman–Crippen MR) is 93.2 cm³/mol. The normalized spacial score (nSPS) is 14.0. The minimum absolute atomic E-state index is 0.0596. The van der Waals surface area contributed by atoms with E-state index in [9.17, 15) is 4.79 Å². The lowest BCUT2D eigenvalue weighted by Crippen LogP contribution is -2.31. The van der Waals surface area contributed by atoms with Crippen LogP contribution in [-0.4, -0.2) is 19.1 Å².